The zero-order chi connectivity index (χ0) is 21.9. The van der Waals surface area contributed by atoms with Gasteiger partial charge in [-0.05, 0) is 49.4 Å². The number of benzene rings is 2. The molecule has 0 atom stereocenters. The van der Waals surface area contributed by atoms with Crippen LogP contribution in [0, 0.1) is 0 Å². The summed E-state index contributed by atoms with van der Waals surface area (Å²) < 4.78 is 18.7. The Bertz CT molecular complexity index is 1230. The number of nitrogens with zero attached hydrogens (tertiary/aromatic N) is 4. The second-order valence-electron chi connectivity index (χ2n) is 6.89. The van der Waals surface area contributed by atoms with Crippen LogP contribution in [0.2, 0.25) is 5.02 Å². The Hall–Kier alpha value is -2.75. The van der Waals surface area contributed by atoms with Crippen molar-refractivity contribution in [3.05, 3.63) is 64.4 Å². The minimum absolute atomic E-state index is 0.267. The van der Waals surface area contributed by atoms with Crippen molar-refractivity contribution in [2.24, 2.45) is 0 Å². The SMILES string of the molecule is CCn1c(COc2ccc(Cl)cc2)nnc1SCc1csc(-c2ccc3c(c2)OCO3)n1. The lowest BCUT2D eigenvalue weighted by Crippen LogP contribution is -2.07. The van der Waals surface area contributed by atoms with Crippen molar-refractivity contribution in [1.82, 2.24) is 19.7 Å². The summed E-state index contributed by atoms with van der Waals surface area (Å²) in [7, 11) is 0. The summed E-state index contributed by atoms with van der Waals surface area (Å²) in [6.07, 6.45) is 0. The molecule has 4 aromatic rings. The first-order valence-corrected chi connectivity index (χ1v) is 12.2. The lowest BCUT2D eigenvalue weighted by atomic mass is 10.2. The lowest BCUT2D eigenvalue weighted by Gasteiger charge is -2.08. The van der Waals surface area contributed by atoms with E-state index in [4.69, 9.17) is 30.8 Å². The number of thiazole rings is 1. The van der Waals surface area contributed by atoms with Crippen LogP contribution in [0.4, 0.5) is 0 Å². The largest absolute Gasteiger partial charge is 0.486 e. The Kier molecular flexibility index (Phi) is 6.20. The molecule has 32 heavy (non-hydrogen) atoms. The zero-order valence-corrected chi connectivity index (χ0v) is 19.5. The predicted molar refractivity (Wildman–Crippen MR) is 125 cm³/mol. The standard InChI is InChI=1S/C22H19ClN4O3S2/c1-2-27-20(10-28-17-6-4-15(23)5-7-17)25-26-22(27)32-12-16-11-31-21(24-16)14-3-8-18-19(9-14)30-13-29-18/h3-9,11H,2,10,12-13H2,1H3. The summed E-state index contributed by atoms with van der Waals surface area (Å²) >= 11 is 9.15. The van der Waals surface area contributed by atoms with Crippen LogP contribution in [0.25, 0.3) is 10.6 Å². The molecular weight excluding hydrogens is 468 g/mol. The fourth-order valence-corrected chi connectivity index (χ4v) is 5.16. The zero-order valence-electron chi connectivity index (χ0n) is 17.2. The molecule has 0 radical (unpaired) electrons. The molecule has 1 aliphatic rings. The number of rotatable bonds is 8. The smallest absolute Gasteiger partial charge is 0.231 e. The second kappa shape index (κ2) is 9.40. The molecule has 1 aliphatic heterocycles. The van der Waals surface area contributed by atoms with Gasteiger partial charge in [0.05, 0.1) is 5.69 Å². The van der Waals surface area contributed by atoms with Crippen LogP contribution in [0.3, 0.4) is 0 Å². The predicted octanol–water partition coefficient (Wildman–Crippen LogP) is 5.67. The van der Waals surface area contributed by atoms with E-state index in [1.807, 2.05) is 30.3 Å². The van der Waals surface area contributed by atoms with Gasteiger partial charge in [-0.15, -0.1) is 21.5 Å². The van der Waals surface area contributed by atoms with E-state index < -0.39 is 0 Å². The van der Waals surface area contributed by atoms with Gasteiger partial charge in [-0.2, -0.15) is 0 Å². The molecule has 0 fully saturated rings. The van der Waals surface area contributed by atoms with Gasteiger partial charge in [-0.25, -0.2) is 4.98 Å². The van der Waals surface area contributed by atoms with Crippen LogP contribution >= 0.6 is 34.7 Å². The first-order chi connectivity index (χ1) is 15.7. The highest BCUT2D eigenvalue weighted by molar-refractivity contribution is 7.98. The first-order valence-electron chi connectivity index (χ1n) is 9.97. The Morgan fingerprint density at radius 1 is 1.12 bits per heavy atom. The summed E-state index contributed by atoms with van der Waals surface area (Å²) in [5, 5.41) is 13.2. The third-order valence-electron chi connectivity index (χ3n) is 4.81. The van der Waals surface area contributed by atoms with Crippen molar-refractivity contribution in [3.63, 3.8) is 0 Å². The van der Waals surface area contributed by atoms with Gasteiger partial charge in [0.25, 0.3) is 0 Å². The molecule has 3 heterocycles. The number of halogens is 1. The van der Waals surface area contributed by atoms with E-state index in [2.05, 4.69) is 27.1 Å². The molecule has 164 valence electrons. The number of ether oxygens (including phenoxy) is 3. The van der Waals surface area contributed by atoms with E-state index in [1.165, 1.54) is 0 Å². The highest BCUT2D eigenvalue weighted by atomic mass is 35.5. The van der Waals surface area contributed by atoms with E-state index in [1.54, 1.807) is 35.2 Å². The van der Waals surface area contributed by atoms with E-state index >= 15 is 0 Å². The first kappa shape index (κ1) is 21.1. The molecule has 0 amide bonds. The van der Waals surface area contributed by atoms with Crippen LogP contribution in [0.5, 0.6) is 17.2 Å². The third-order valence-corrected chi connectivity index (χ3v) is 7.00. The van der Waals surface area contributed by atoms with E-state index in [-0.39, 0.29) is 6.79 Å². The lowest BCUT2D eigenvalue weighted by molar-refractivity contribution is 0.174. The minimum atomic E-state index is 0.267. The Balaban J connectivity index is 1.23. The molecule has 0 saturated carbocycles. The van der Waals surface area contributed by atoms with Crippen molar-refractivity contribution < 1.29 is 14.2 Å². The molecule has 0 spiro atoms. The summed E-state index contributed by atoms with van der Waals surface area (Å²) in [6, 6.07) is 13.2. The van der Waals surface area contributed by atoms with Gasteiger partial charge in [0.15, 0.2) is 22.5 Å². The van der Waals surface area contributed by atoms with Gasteiger partial charge in [0, 0.05) is 28.3 Å². The Morgan fingerprint density at radius 2 is 1.97 bits per heavy atom. The summed E-state index contributed by atoms with van der Waals surface area (Å²) in [5.74, 6) is 3.77. The van der Waals surface area contributed by atoms with Gasteiger partial charge < -0.3 is 18.8 Å². The van der Waals surface area contributed by atoms with Crippen LogP contribution in [0.1, 0.15) is 18.4 Å². The highest BCUT2D eigenvalue weighted by Crippen LogP contribution is 2.37. The van der Waals surface area contributed by atoms with Crippen LogP contribution in [0.15, 0.2) is 53.0 Å². The normalized spacial score (nSPS) is 12.3. The minimum Gasteiger partial charge on any atom is -0.486 e. The Morgan fingerprint density at radius 3 is 2.81 bits per heavy atom. The molecule has 0 N–H and O–H groups in total. The number of fused-ring (bicyclic) bond motifs is 1. The van der Waals surface area contributed by atoms with Gasteiger partial charge in [0.2, 0.25) is 6.79 Å². The monoisotopic (exact) mass is 486 g/mol. The molecule has 0 saturated heterocycles. The molecule has 0 aliphatic carbocycles. The summed E-state index contributed by atoms with van der Waals surface area (Å²) in [5.41, 5.74) is 2.02. The molecule has 10 heteroatoms. The second-order valence-corrected chi connectivity index (χ2v) is 9.12. The maximum atomic E-state index is 5.92. The number of hydrogen-bond donors (Lipinski definition) is 0. The van der Waals surface area contributed by atoms with Gasteiger partial charge in [-0.3, -0.25) is 0 Å². The molecule has 5 rings (SSSR count). The van der Waals surface area contributed by atoms with Gasteiger partial charge >= 0.3 is 0 Å². The average Bonchev–Trinajstić information content (AvgIpc) is 3.55. The Labute approximate surface area is 198 Å². The van der Waals surface area contributed by atoms with E-state index in [0.717, 1.165) is 51.0 Å². The van der Waals surface area contributed by atoms with E-state index in [9.17, 15) is 0 Å². The molecular formula is C22H19ClN4O3S2. The van der Waals surface area contributed by atoms with Crippen molar-refractivity contribution in [1.29, 1.82) is 0 Å². The maximum Gasteiger partial charge on any atom is 0.231 e. The van der Waals surface area contributed by atoms with Crippen LogP contribution < -0.4 is 14.2 Å². The number of thioether (sulfide) groups is 1. The average molecular weight is 487 g/mol. The maximum absolute atomic E-state index is 5.92. The topological polar surface area (TPSA) is 71.3 Å². The number of hydrogen-bond acceptors (Lipinski definition) is 8. The van der Waals surface area contributed by atoms with E-state index in [0.29, 0.717) is 17.4 Å². The van der Waals surface area contributed by atoms with Gasteiger partial charge in [0.1, 0.15) is 17.4 Å². The molecule has 2 aromatic heterocycles. The number of aromatic nitrogens is 4. The molecule has 7 nitrogen and oxygen atoms in total. The fourth-order valence-electron chi connectivity index (χ4n) is 3.20. The molecule has 2 aromatic carbocycles. The van der Waals surface area contributed by atoms with Crippen molar-refractivity contribution >= 4 is 34.7 Å². The quantitative estimate of drug-likeness (QED) is 0.297. The van der Waals surface area contributed by atoms with Crippen LogP contribution in [-0.4, -0.2) is 26.5 Å². The van der Waals surface area contributed by atoms with Crippen molar-refractivity contribution in [2.75, 3.05) is 6.79 Å². The third kappa shape index (κ3) is 4.55. The van der Waals surface area contributed by atoms with Gasteiger partial charge in [-0.1, -0.05) is 23.4 Å². The summed E-state index contributed by atoms with van der Waals surface area (Å²) in [6.45, 7) is 3.44. The molecule has 0 bridgehead atoms. The molecule has 0 unspecified atom stereocenters. The highest BCUT2D eigenvalue weighted by Gasteiger charge is 2.16. The van der Waals surface area contributed by atoms with Crippen LogP contribution in [-0.2, 0) is 18.9 Å². The van der Waals surface area contributed by atoms with Crippen molar-refractivity contribution in [2.45, 2.75) is 31.0 Å². The summed E-state index contributed by atoms with van der Waals surface area (Å²) in [4.78, 5) is 4.77. The van der Waals surface area contributed by atoms with Crippen molar-refractivity contribution in [3.8, 4) is 27.8 Å². The fraction of sp³-hybridized carbons (Fsp3) is 0.227.